The van der Waals surface area contributed by atoms with Crippen LogP contribution >= 0.6 is 0 Å². The number of carbonyl (C=O) groups is 1. The molecule has 62 valence electrons. The molecule has 2 aliphatic carbocycles. The third-order valence-corrected chi connectivity index (χ3v) is 3.45. The van der Waals surface area contributed by atoms with Gasteiger partial charge in [0.05, 0.1) is 0 Å². The number of carbonyl (C=O) groups excluding carboxylic acids is 1. The van der Waals surface area contributed by atoms with Gasteiger partial charge < -0.3 is 0 Å². The molecule has 0 aliphatic heterocycles. The van der Waals surface area contributed by atoms with Crippen LogP contribution in [0.15, 0.2) is 0 Å². The van der Waals surface area contributed by atoms with Gasteiger partial charge >= 0.3 is 0 Å². The van der Waals surface area contributed by atoms with E-state index in [0.717, 1.165) is 18.8 Å². The van der Waals surface area contributed by atoms with Gasteiger partial charge in [0.15, 0.2) is 0 Å². The van der Waals surface area contributed by atoms with Gasteiger partial charge in [-0.1, -0.05) is 13.8 Å². The summed E-state index contributed by atoms with van der Waals surface area (Å²) in [4.78, 5) is 11.5. The van der Waals surface area contributed by atoms with Crippen LogP contribution in [-0.2, 0) is 4.79 Å². The van der Waals surface area contributed by atoms with E-state index in [2.05, 4.69) is 13.8 Å². The first kappa shape index (κ1) is 7.33. The first-order chi connectivity index (χ1) is 5.11. The molecule has 0 spiro atoms. The van der Waals surface area contributed by atoms with Crippen molar-refractivity contribution in [1.82, 2.24) is 0 Å². The van der Waals surface area contributed by atoms with E-state index in [1.807, 2.05) is 0 Å². The van der Waals surface area contributed by atoms with Crippen molar-refractivity contribution in [2.24, 2.45) is 17.3 Å². The molecular weight excluding hydrogens is 136 g/mol. The van der Waals surface area contributed by atoms with Gasteiger partial charge in [0, 0.05) is 12.3 Å². The zero-order chi connectivity index (χ0) is 8.06. The largest absolute Gasteiger partial charge is 0.299 e. The molecule has 2 unspecified atom stereocenters. The molecule has 0 bridgehead atoms. The van der Waals surface area contributed by atoms with Gasteiger partial charge in [-0.25, -0.2) is 0 Å². The lowest BCUT2D eigenvalue weighted by Gasteiger charge is -2.53. The van der Waals surface area contributed by atoms with Gasteiger partial charge in [0.2, 0.25) is 0 Å². The minimum Gasteiger partial charge on any atom is -0.299 e. The van der Waals surface area contributed by atoms with Gasteiger partial charge in [-0.05, 0) is 30.6 Å². The highest BCUT2D eigenvalue weighted by Gasteiger charge is 2.51. The fraction of sp³-hybridized carbons (Fsp3) is 0.900. The summed E-state index contributed by atoms with van der Waals surface area (Å²) < 4.78 is 0. The third-order valence-electron chi connectivity index (χ3n) is 3.45. The summed E-state index contributed by atoms with van der Waals surface area (Å²) >= 11 is 0. The molecule has 0 aromatic heterocycles. The number of rotatable bonds is 0. The lowest BCUT2D eigenvalue weighted by atomic mass is 9.51. The Morgan fingerprint density at radius 2 is 2.18 bits per heavy atom. The molecule has 2 saturated carbocycles. The monoisotopic (exact) mass is 152 g/mol. The van der Waals surface area contributed by atoms with E-state index in [4.69, 9.17) is 0 Å². The molecule has 1 nitrogen and oxygen atoms in total. The van der Waals surface area contributed by atoms with E-state index in [9.17, 15) is 4.79 Å². The molecule has 0 N–H and O–H groups in total. The van der Waals surface area contributed by atoms with Crippen molar-refractivity contribution in [2.45, 2.75) is 39.5 Å². The second-order valence-electron chi connectivity index (χ2n) is 4.79. The van der Waals surface area contributed by atoms with Crippen LogP contribution in [0.5, 0.6) is 0 Å². The smallest absolute Gasteiger partial charge is 0.136 e. The molecule has 2 rings (SSSR count). The highest BCUT2D eigenvalue weighted by atomic mass is 16.1. The van der Waals surface area contributed by atoms with Crippen molar-refractivity contribution < 1.29 is 4.79 Å². The molecule has 2 aliphatic rings. The predicted molar refractivity (Wildman–Crippen MR) is 44.2 cm³/mol. The first-order valence-corrected chi connectivity index (χ1v) is 4.64. The fourth-order valence-corrected chi connectivity index (χ4v) is 3.06. The summed E-state index contributed by atoms with van der Waals surface area (Å²) in [7, 11) is 0. The normalized spacial score (nSPS) is 41.1. The Morgan fingerprint density at radius 3 is 2.64 bits per heavy atom. The Labute approximate surface area is 68.2 Å². The minimum absolute atomic E-state index is 0.335. The van der Waals surface area contributed by atoms with Crippen molar-refractivity contribution >= 4 is 5.78 Å². The van der Waals surface area contributed by atoms with Crippen LogP contribution < -0.4 is 0 Å². The molecule has 11 heavy (non-hydrogen) atoms. The van der Waals surface area contributed by atoms with E-state index in [1.54, 1.807) is 0 Å². The third kappa shape index (κ3) is 0.935. The Kier molecular flexibility index (Phi) is 1.39. The summed E-state index contributed by atoms with van der Waals surface area (Å²) in [5.41, 5.74) is 0.335. The topological polar surface area (TPSA) is 17.1 Å². The summed E-state index contributed by atoms with van der Waals surface area (Å²) in [6.07, 6.45) is 4.59. The van der Waals surface area contributed by atoms with Crippen molar-refractivity contribution in [3.63, 3.8) is 0 Å². The number of fused-ring (bicyclic) bond motifs is 1. The van der Waals surface area contributed by atoms with Crippen molar-refractivity contribution in [2.75, 3.05) is 0 Å². The average Bonchev–Trinajstić information content (AvgIpc) is 1.84. The van der Waals surface area contributed by atoms with Crippen molar-refractivity contribution in [3.05, 3.63) is 0 Å². The molecule has 2 atom stereocenters. The summed E-state index contributed by atoms with van der Waals surface area (Å²) in [6.45, 7) is 4.47. The fourth-order valence-electron chi connectivity index (χ4n) is 3.06. The van der Waals surface area contributed by atoms with E-state index in [-0.39, 0.29) is 0 Å². The zero-order valence-corrected chi connectivity index (χ0v) is 7.39. The van der Waals surface area contributed by atoms with Gasteiger partial charge in [-0.2, -0.15) is 0 Å². The zero-order valence-electron chi connectivity index (χ0n) is 7.39. The molecule has 0 radical (unpaired) electrons. The second-order valence-corrected chi connectivity index (χ2v) is 4.79. The molecule has 2 fully saturated rings. The van der Waals surface area contributed by atoms with Crippen LogP contribution in [0.25, 0.3) is 0 Å². The van der Waals surface area contributed by atoms with Crippen LogP contribution in [0, 0.1) is 17.3 Å². The molecule has 0 aromatic carbocycles. The molecule has 0 amide bonds. The number of hydrogen-bond donors (Lipinski definition) is 0. The van der Waals surface area contributed by atoms with Crippen LogP contribution in [-0.4, -0.2) is 5.78 Å². The van der Waals surface area contributed by atoms with Gasteiger partial charge in [0.1, 0.15) is 5.78 Å². The molecule has 0 aromatic rings. The Balaban J connectivity index is 2.15. The number of ketones is 1. The van der Waals surface area contributed by atoms with Crippen molar-refractivity contribution in [1.29, 1.82) is 0 Å². The van der Waals surface area contributed by atoms with Gasteiger partial charge in [-0.15, -0.1) is 0 Å². The Morgan fingerprint density at radius 1 is 1.45 bits per heavy atom. The maximum Gasteiger partial charge on any atom is 0.136 e. The SMILES string of the molecule is CC1(C)CC2CCCC(=O)C21. The van der Waals surface area contributed by atoms with Crippen LogP contribution in [0.3, 0.4) is 0 Å². The maximum absolute atomic E-state index is 11.5. The van der Waals surface area contributed by atoms with E-state index < -0.39 is 0 Å². The summed E-state index contributed by atoms with van der Waals surface area (Å²) in [5.74, 6) is 1.72. The summed E-state index contributed by atoms with van der Waals surface area (Å²) in [5, 5.41) is 0. The molecule has 0 saturated heterocycles. The van der Waals surface area contributed by atoms with Crippen LogP contribution in [0.2, 0.25) is 0 Å². The number of Topliss-reactive ketones (excluding diaryl/α,β-unsaturated/α-hetero) is 1. The Hall–Kier alpha value is -0.330. The maximum atomic E-state index is 11.5. The Bertz CT molecular complexity index is 193. The summed E-state index contributed by atoms with van der Waals surface area (Å²) in [6, 6.07) is 0. The van der Waals surface area contributed by atoms with E-state index in [1.165, 1.54) is 12.8 Å². The van der Waals surface area contributed by atoms with Crippen LogP contribution in [0.1, 0.15) is 39.5 Å². The number of hydrogen-bond acceptors (Lipinski definition) is 1. The second kappa shape index (κ2) is 2.09. The minimum atomic E-state index is 0.335. The van der Waals surface area contributed by atoms with Gasteiger partial charge in [0.25, 0.3) is 0 Å². The molecule has 1 heteroatoms. The van der Waals surface area contributed by atoms with Gasteiger partial charge in [-0.3, -0.25) is 4.79 Å². The van der Waals surface area contributed by atoms with E-state index >= 15 is 0 Å². The highest BCUT2D eigenvalue weighted by Crippen LogP contribution is 2.55. The molecule has 0 heterocycles. The average molecular weight is 152 g/mol. The highest BCUT2D eigenvalue weighted by molar-refractivity contribution is 5.83. The van der Waals surface area contributed by atoms with E-state index in [0.29, 0.717) is 17.1 Å². The standard InChI is InChI=1S/C10H16O/c1-10(2)6-7-4-3-5-8(11)9(7)10/h7,9H,3-6H2,1-2H3. The molecular formula is C10H16O. The lowest BCUT2D eigenvalue weighted by molar-refractivity contribution is -0.143. The first-order valence-electron chi connectivity index (χ1n) is 4.64. The quantitative estimate of drug-likeness (QED) is 0.521. The predicted octanol–water partition coefficient (Wildman–Crippen LogP) is 2.40. The lowest BCUT2D eigenvalue weighted by Crippen LogP contribution is -2.50. The van der Waals surface area contributed by atoms with Crippen LogP contribution in [0.4, 0.5) is 0 Å². The van der Waals surface area contributed by atoms with Crippen molar-refractivity contribution in [3.8, 4) is 0 Å².